The molecule has 2 N–H and O–H groups in total. The van der Waals surface area contributed by atoms with Gasteiger partial charge in [0.05, 0.1) is 17.4 Å². The number of benzene rings is 2. The maximum atomic E-state index is 12.6. The third kappa shape index (κ3) is 6.68. The van der Waals surface area contributed by atoms with Crippen LogP contribution in [0.1, 0.15) is 40.5 Å². The van der Waals surface area contributed by atoms with Crippen LogP contribution in [0, 0.1) is 5.41 Å². The van der Waals surface area contributed by atoms with Gasteiger partial charge in [-0.1, -0.05) is 39.0 Å². The summed E-state index contributed by atoms with van der Waals surface area (Å²) in [6, 6.07) is 16.5. The van der Waals surface area contributed by atoms with Gasteiger partial charge in [-0.3, -0.25) is 14.4 Å². The molecule has 0 fully saturated rings. The molecule has 2 aromatic carbocycles. The topological polar surface area (TPSA) is 90.9 Å². The Labute approximate surface area is 192 Å². The van der Waals surface area contributed by atoms with Crippen molar-refractivity contribution < 1.29 is 14.4 Å². The summed E-state index contributed by atoms with van der Waals surface area (Å²) in [5.41, 5.74) is 1.31. The molecule has 1 atom stereocenters. The Hall–Kier alpha value is -3.13. The maximum absolute atomic E-state index is 12.6. The highest BCUT2D eigenvalue weighted by Gasteiger charge is 2.27. The van der Waals surface area contributed by atoms with Crippen molar-refractivity contribution in [1.29, 1.82) is 0 Å². The SMILES string of the molecule is CC(Sc1ccc(NC(=O)CC(C)(C)C)cc1)C(=O)NC1=NN(c2ccccc2)C(=O)C1. The first kappa shape index (κ1) is 23.5. The molecule has 0 radical (unpaired) electrons. The fraction of sp³-hybridized carbons (Fsp3) is 0.333. The number of hydrogen-bond donors (Lipinski definition) is 2. The van der Waals surface area contributed by atoms with Gasteiger partial charge in [0.2, 0.25) is 11.8 Å². The molecule has 0 aromatic heterocycles. The third-order valence-corrected chi connectivity index (χ3v) is 5.67. The van der Waals surface area contributed by atoms with Gasteiger partial charge in [-0.2, -0.15) is 10.1 Å². The highest BCUT2D eigenvalue weighted by Crippen LogP contribution is 2.26. The van der Waals surface area contributed by atoms with Crippen LogP contribution in [0.5, 0.6) is 0 Å². The Balaban J connectivity index is 1.53. The van der Waals surface area contributed by atoms with E-state index in [-0.39, 0.29) is 34.8 Å². The number of hydrazone groups is 1. The summed E-state index contributed by atoms with van der Waals surface area (Å²) < 4.78 is 0. The number of hydrogen-bond acceptors (Lipinski definition) is 5. The van der Waals surface area contributed by atoms with Gasteiger partial charge in [0.25, 0.3) is 5.91 Å². The number of nitrogens with one attached hydrogen (secondary N) is 2. The average molecular weight is 453 g/mol. The summed E-state index contributed by atoms with van der Waals surface area (Å²) in [5, 5.41) is 10.8. The molecule has 168 valence electrons. The largest absolute Gasteiger partial charge is 0.326 e. The lowest BCUT2D eigenvalue weighted by Crippen LogP contribution is -2.35. The Morgan fingerprint density at radius 1 is 1.06 bits per heavy atom. The monoisotopic (exact) mass is 452 g/mol. The van der Waals surface area contributed by atoms with Crippen molar-refractivity contribution in [2.45, 2.75) is 50.7 Å². The fourth-order valence-corrected chi connectivity index (χ4v) is 3.94. The maximum Gasteiger partial charge on any atom is 0.255 e. The Morgan fingerprint density at radius 3 is 2.34 bits per heavy atom. The standard InChI is InChI=1S/C24H28N4O3S/c1-16(32-19-12-10-17(11-13-19)25-21(29)15-24(2,3)4)23(31)26-20-14-22(30)28(27-20)18-8-6-5-7-9-18/h5-13,16H,14-15H2,1-4H3,(H,25,29)(H,26,27,31). The second-order valence-electron chi connectivity index (χ2n) is 8.82. The molecule has 32 heavy (non-hydrogen) atoms. The number of rotatable bonds is 6. The van der Waals surface area contributed by atoms with E-state index in [1.54, 1.807) is 19.1 Å². The molecule has 8 heteroatoms. The molecular formula is C24H28N4O3S. The molecule has 1 aliphatic heterocycles. The van der Waals surface area contributed by atoms with Gasteiger partial charge in [0.15, 0.2) is 0 Å². The van der Waals surface area contributed by atoms with Crippen molar-refractivity contribution in [2.24, 2.45) is 10.5 Å². The zero-order valence-corrected chi connectivity index (χ0v) is 19.5. The lowest BCUT2D eigenvalue weighted by Gasteiger charge is -2.17. The second kappa shape index (κ2) is 9.99. The predicted octanol–water partition coefficient (Wildman–Crippen LogP) is 4.41. The van der Waals surface area contributed by atoms with Crippen LogP contribution >= 0.6 is 11.8 Å². The van der Waals surface area contributed by atoms with Crippen LogP contribution in [0.2, 0.25) is 0 Å². The molecule has 0 saturated heterocycles. The van der Waals surface area contributed by atoms with Crippen LogP contribution < -0.4 is 15.6 Å². The van der Waals surface area contributed by atoms with Crippen LogP contribution in [0.25, 0.3) is 0 Å². The van der Waals surface area contributed by atoms with Gasteiger partial charge >= 0.3 is 0 Å². The van der Waals surface area contributed by atoms with Crippen LogP contribution in [0.4, 0.5) is 11.4 Å². The Kier molecular flexibility index (Phi) is 7.35. The summed E-state index contributed by atoms with van der Waals surface area (Å²) in [5.74, 6) is -0.0924. The van der Waals surface area contributed by atoms with E-state index in [2.05, 4.69) is 15.7 Å². The van der Waals surface area contributed by atoms with Crippen molar-refractivity contribution in [3.63, 3.8) is 0 Å². The number of amides is 3. The van der Waals surface area contributed by atoms with E-state index >= 15 is 0 Å². The van der Waals surface area contributed by atoms with E-state index in [1.807, 2.05) is 63.2 Å². The number of carbonyl (C=O) groups excluding carboxylic acids is 3. The smallest absolute Gasteiger partial charge is 0.255 e. The molecule has 0 spiro atoms. The normalized spacial score (nSPS) is 14.7. The van der Waals surface area contributed by atoms with Crippen LogP contribution in [0.3, 0.4) is 0 Å². The zero-order valence-electron chi connectivity index (χ0n) is 18.7. The minimum absolute atomic E-state index is 0.0259. The molecule has 1 unspecified atom stereocenters. The average Bonchev–Trinajstić information content (AvgIpc) is 3.08. The first-order valence-corrected chi connectivity index (χ1v) is 11.3. The first-order valence-electron chi connectivity index (χ1n) is 10.4. The van der Waals surface area contributed by atoms with E-state index in [0.29, 0.717) is 17.9 Å². The molecule has 1 aliphatic rings. The van der Waals surface area contributed by atoms with Crippen molar-refractivity contribution in [3.05, 3.63) is 54.6 Å². The van der Waals surface area contributed by atoms with Gasteiger partial charge in [0.1, 0.15) is 5.84 Å². The van der Waals surface area contributed by atoms with Crippen molar-refractivity contribution in [3.8, 4) is 0 Å². The second-order valence-corrected chi connectivity index (χ2v) is 10.2. The van der Waals surface area contributed by atoms with Crippen molar-refractivity contribution >= 4 is 46.7 Å². The molecule has 7 nitrogen and oxygen atoms in total. The Bertz CT molecular complexity index is 1010. The summed E-state index contributed by atoms with van der Waals surface area (Å²) in [4.78, 5) is 37.8. The first-order chi connectivity index (χ1) is 15.1. The molecule has 2 aromatic rings. The number of para-hydroxylation sites is 1. The molecule has 0 bridgehead atoms. The number of carbonyl (C=O) groups is 3. The van der Waals surface area contributed by atoms with Gasteiger partial charge in [-0.05, 0) is 48.7 Å². The van der Waals surface area contributed by atoms with Gasteiger partial charge in [-0.25, -0.2) is 0 Å². The van der Waals surface area contributed by atoms with E-state index in [1.165, 1.54) is 16.8 Å². The van der Waals surface area contributed by atoms with E-state index in [0.717, 1.165) is 10.6 Å². The van der Waals surface area contributed by atoms with E-state index in [9.17, 15) is 14.4 Å². The third-order valence-electron chi connectivity index (χ3n) is 4.55. The van der Waals surface area contributed by atoms with Crippen LogP contribution in [-0.4, -0.2) is 28.8 Å². The number of nitrogens with zero attached hydrogens (tertiary/aromatic N) is 2. The molecule has 3 rings (SSSR count). The van der Waals surface area contributed by atoms with Crippen LogP contribution in [-0.2, 0) is 14.4 Å². The molecule has 3 amide bonds. The Morgan fingerprint density at radius 2 is 1.72 bits per heavy atom. The molecule has 1 heterocycles. The molecule has 0 aliphatic carbocycles. The quantitative estimate of drug-likeness (QED) is 0.635. The van der Waals surface area contributed by atoms with Gasteiger partial charge in [0, 0.05) is 17.0 Å². The van der Waals surface area contributed by atoms with Crippen molar-refractivity contribution in [2.75, 3.05) is 10.3 Å². The number of thioether (sulfide) groups is 1. The number of amidine groups is 1. The summed E-state index contributed by atoms with van der Waals surface area (Å²) in [6.07, 6.45) is 0.496. The summed E-state index contributed by atoms with van der Waals surface area (Å²) >= 11 is 1.39. The van der Waals surface area contributed by atoms with Gasteiger partial charge in [-0.15, -0.1) is 11.8 Å². The highest BCUT2D eigenvalue weighted by molar-refractivity contribution is 8.00. The highest BCUT2D eigenvalue weighted by atomic mass is 32.2. The van der Waals surface area contributed by atoms with Crippen molar-refractivity contribution in [1.82, 2.24) is 5.32 Å². The summed E-state index contributed by atoms with van der Waals surface area (Å²) in [6.45, 7) is 7.85. The molecule has 0 saturated carbocycles. The lowest BCUT2D eigenvalue weighted by atomic mass is 9.92. The molecular weight excluding hydrogens is 424 g/mol. The summed E-state index contributed by atoms with van der Waals surface area (Å²) in [7, 11) is 0. The van der Waals surface area contributed by atoms with E-state index < -0.39 is 0 Å². The van der Waals surface area contributed by atoms with E-state index in [4.69, 9.17) is 0 Å². The zero-order chi connectivity index (χ0) is 23.3. The fourth-order valence-electron chi connectivity index (χ4n) is 3.08. The number of anilines is 2. The predicted molar refractivity (Wildman–Crippen MR) is 129 cm³/mol. The lowest BCUT2D eigenvalue weighted by molar-refractivity contribution is -0.119. The minimum Gasteiger partial charge on any atom is -0.326 e. The van der Waals surface area contributed by atoms with Gasteiger partial charge < -0.3 is 10.6 Å². The minimum atomic E-state index is -0.389. The van der Waals surface area contributed by atoms with Crippen LogP contribution in [0.15, 0.2) is 64.6 Å².